The number of carbonyl (C=O) groups excluding carboxylic acids is 1. The Balaban J connectivity index is 1.70. The van der Waals surface area contributed by atoms with E-state index in [4.69, 9.17) is 11.6 Å². The first-order valence-corrected chi connectivity index (χ1v) is 10.5. The van der Waals surface area contributed by atoms with Gasteiger partial charge in [0, 0.05) is 40.9 Å². The van der Waals surface area contributed by atoms with Gasteiger partial charge >= 0.3 is 0 Å². The van der Waals surface area contributed by atoms with Crippen LogP contribution in [0, 0.1) is 5.41 Å². The van der Waals surface area contributed by atoms with Crippen LogP contribution in [-0.4, -0.2) is 41.0 Å². The third-order valence-electron chi connectivity index (χ3n) is 6.17. The van der Waals surface area contributed by atoms with E-state index in [1.165, 1.54) is 16.5 Å². The van der Waals surface area contributed by atoms with Crippen molar-refractivity contribution in [1.29, 1.82) is 0 Å². The van der Waals surface area contributed by atoms with Crippen molar-refractivity contribution >= 4 is 28.4 Å². The smallest absolute Gasteiger partial charge is 0.225 e. The van der Waals surface area contributed by atoms with Crippen molar-refractivity contribution in [2.45, 2.75) is 65.0 Å². The van der Waals surface area contributed by atoms with Crippen molar-refractivity contribution in [3.8, 4) is 0 Å². The summed E-state index contributed by atoms with van der Waals surface area (Å²) in [6.07, 6.45) is 3.09. The molecule has 2 aromatic rings. The minimum absolute atomic E-state index is 0.141. The Hall–Kier alpha value is -1.52. The third kappa shape index (κ3) is 3.27. The standard InChI is InChI=1S/C22H30ClN3O/c1-5-9-26-12-13(24-21(27)22(2,3)4)10-15-14-7-6-8-17-19(14)16(11-18(15)26)20(23)25-17/h6-8,13,15,18,25H,5,9-12H2,1-4H3,(H,24,27)/t13-,15?,18+/m0/s1. The summed E-state index contributed by atoms with van der Waals surface area (Å²) < 4.78 is 0. The van der Waals surface area contributed by atoms with Crippen molar-refractivity contribution in [1.82, 2.24) is 15.2 Å². The minimum atomic E-state index is -0.361. The highest BCUT2D eigenvalue weighted by Crippen LogP contribution is 2.45. The first kappa shape index (κ1) is 18.8. The maximum Gasteiger partial charge on any atom is 0.225 e. The maximum absolute atomic E-state index is 12.6. The van der Waals surface area contributed by atoms with Gasteiger partial charge in [-0.15, -0.1) is 0 Å². The molecule has 0 bridgehead atoms. The lowest BCUT2D eigenvalue weighted by atomic mass is 9.73. The highest BCUT2D eigenvalue weighted by molar-refractivity contribution is 6.32. The normalized spacial score (nSPS) is 25.4. The van der Waals surface area contributed by atoms with E-state index in [-0.39, 0.29) is 17.4 Å². The Morgan fingerprint density at radius 3 is 2.85 bits per heavy atom. The van der Waals surface area contributed by atoms with Gasteiger partial charge in [-0.2, -0.15) is 0 Å². The number of hydrogen-bond donors (Lipinski definition) is 2. The highest BCUT2D eigenvalue weighted by atomic mass is 35.5. The number of likely N-dealkylation sites (tertiary alicyclic amines) is 1. The summed E-state index contributed by atoms with van der Waals surface area (Å²) in [5.74, 6) is 0.570. The van der Waals surface area contributed by atoms with Gasteiger partial charge in [-0.1, -0.05) is 51.4 Å². The molecule has 1 saturated heterocycles. The largest absolute Gasteiger partial charge is 0.352 e. The van der Waals surface area contributed by atoms with Crippen molar-refractivity contribution < 1.29 is 4.79 Å². The Morgan fingerprint density at radius 2 is 2.15 bits per heavy atom. The first-order valence-electron chi connectivity index (χ1n) is 10.1. The van der Waals surface area contributed by atoms with Crippen LogP contribution in [0.1, 0.15) is 57.6 Å². The number of aromatic amines is 1. The number of hydrogen-bond acceptors (Lipinski definition) is 2. The number of nitrogens with zero attached hydrogens (tertiary/aromatic N) is 1. The van der Waals surface area contributed by atoms with Crippen LogP contribution in [-0.2, 0) is 11.2 Å². The number of amides is 1. The number of piperidine rings is 1. The molecule has 1 amide bonds. The van der Waals surface area contributed by atoms with Crippen LogP contribution >= 0.6 is 11.6 Å². The van der Waals surface area contributed by atoms with E-state index in [2.05, 4.69) is 40.3 Å². The molecule has 2 N–H and O–H groups in total. The zero-order chi connectivity index (χ0) is 19.3. The second kappa shape index (κ2) is 6.82. The Labute approximate surface area is 166 Å². The van der Waals surface area contributed by atoms with Crippen LogP contribution in [0.4, 0.5) is 0 Å². The van der Waals surface area contributed by atoms with Crippen LogP contribution in [0.25, 0.3) is 10.9 Å². The average molecular weight is 388 g/mol. The summed E-state index contributed by atoms with van der Waals surface area (Å²) >= 11 is 6.55. The molecule has 2 heterocycles. The molecule has 0 spiro atoms. The fourth-order valence-electron chi connectivity index (χ4n) is 4.89. The summed E-state index contributed by atoms with van der Waals surface area (Å²) in [5, 5.41) is 5.42. The number of carbonyl (C=O) groups is 1. The lowest BCUT2D eigenvalue weighted by molar-refractivity contribution is -0.129. The predicted octanol–water partition coefficient (Wildman–Crippen LogP) is 4.48. The molecule has 146 valence electrons. The molecule has 3 atom stereocenters. The zero-order valence-corrected chi connectivity index (χ0v) is 17.5. The summed E-state index contributed by atoms with van der Waals surface area (Å²) in [7, 11) is 0. The molecule has 1 fully saturated rings. The van der Waals surface area contributed by atoms with Crippen molar-refractivity contribution in [3.63, 3.8) is 0 Å². The monoisotopic (exact) mass is 387 g/mol. The second-order valence-corrected chi connectivity index (χ2v) is 9.59. The van der Waals surface area contributed by atoms with Gasteiger partial charge in [0.05, 0.1) is 0 Å². The quantitative estimate of drug-likeness (QED) is 0.815. The Kier molecular flexibility index (Phi) is 4.76. The molecule has 4 nitrogen and oxygen atoms in total. The second-order valence-electron chi connectivity index (χ2n) is 9.22. The summed E-state index contributed by atoms with van der Waals surface area (Å²) in [4.78, 5) is 18.5. The number of rotatable bonds is 3. The van der Waals surface area contributed by atoms with Gasteiger partial charge in [0.1, 0.15) is 5.15 Å². The number of benzene rings is 1. The van der Waals surface area contributed by atoms with Crippen molar-refractivity contribution in [2.75, 3.05) is 13.1 Å². The van der Waals surface area contributed by atoms with Crippen LogP contribution < -0.4 is 5.32 Å². The fraction of sp³-hybridized carbons (Fsp3) is 0.591. The summed E-state index contributed by atoms with van der Waals surface area (Å²) in [5.41, 5.74) is 3.42. The van der Waals surface area contributed by atoms with Gasteiger partial charge in [-0.25, -0.2) is 0 Å². The fourth-order valence-corrected chi connectivity index (χ4v) is 5.17. The molecule has 1 aromatic heterocycles. The molecule has 4 rings (SSSR count). The van der Waals surface area contributed by atoms with Crippen LogP contribution in [0.2, 0.25) is 5.15 Å². The van der Waals surface area contributed by atoms with E-state index in [9.17, 15) is 4.79 Å². The summed E-state index contributed by atoms with van der Waals surface area (Å²) in [6, 6.07) is 7.14. The van der Waals surface area contributed by atoms with Crippen LogP contribution in [0.3, 0.4) is 0 Å². The molecular weight excluding hydrogens is 358 g/mol. The SMILES string of the molecule is CCCN1C[C@@H](NC(=O)C(C)(C)C)CC2c3cccc4[nH]c(Cl)c(c34)C[C@H]21. The molecule has 1 unspecified atom stereocenters. The Bertz CT molecular complexity index is 866. The van der Waals surface area contributed by atoms with Crippen LogP contribution in [0.15, 0.2) is 18.2 Å². The minimum Gasteiger partial charge on any atom is -0.352 e. The zero-order valence-electron chi connectivity index (χ0n) is 16.7. The van der Waals surface area contributed by atoms with E-state index in [1.807, 2.05) is 20.8 Å². The van der Waals surface area contributed by atoms with Crippen LogP contribution in [0.5, 0.6) is 0 Å². The predicted molar refractivity (Wildman–Crippen MR) is 111 cm³/mol. The molecule has 1 aromatic carbocycles. The number of halogens is 1. The Morgan fingerprint density at radius 1 is 1.37 bits per heavy atom. The maximum atomic E-state index is 12.6. The van der Waals surface area contributed by atoms with E-state index >= 15 is 0 Å². The number of nitrogens with one attached hydrogen (secondary N) is 2. The first-order chi connectivity index (χ1) is 12.8. The molecule has 0 radical (unpaired) electrons. The molecule has 27 heavy (non-hydrogen) atoms. The van der Waals surface area contributed by atoms with E-state index < -0.39 is 0 Å². The number of H-pyrrole nitrogens is 1. The molecular formula is C22H30ClN3O. The van der Waals surface area contributed by atoms with Gasteiger partial charge < -0.3 is 10.3 Å². The van der Waals surface area contributed by atoms with Crippen molar-refractivity contribution in [3.05, 3.63) is 34.5 Å². The van der Waals surface area contributed by atoms with Crippen molar-refractivity contribution in [2.24, 2.45) is 5.41 Å². The highest BCUT2D eigenvalue weighted by Gasteiger charge is 2.42. The molecule has 2 aliphatic rings. The molecule has 0 saturated carbocycles. The van der Waals surface area contributed by atoms with Gasteiger partial charge in [0.2, 0.25) is 5.91 Å². The molecule has 1 aliphatic heterocycles. The number of fused-ring (bicyclic) bond motifs is 2. The third-order valence-corrected chi connectivity index (χ3v) is 6.50. The van der Waals surface area contributed by atoms with Gasteiger partial charge in [0.15, 0.2) is 0 Å². The molecule has 5 heteroatoms. The average Bonchev–Trinajstić information content (AvgIpc) is 2.92. The lowest BCUT2D eigenvalue weighted by Crippen LogP contribution is -2.57. The van der Waals surface area contributed by atoms with E-state index in [0.717, 1.165) is 43.0 Å². The van der Waals surface area contributed by atoms with Gasteiger partial charge in [0.25, 0.3) is 0 Å². The lowest BCUT2D eigenvalue weighted by Gasteiger charge is -2.47. The topological polar surface area (TPSA) is 48.1 Å². The molecule has 1 aliphatic carbocycles. The van der Waals surface area contributed by atoms with E-state index in [1.54, 1.807) is 0 Å². The van der Waals surface area contributed by atoms with Gasteiger partial charge in [-0.05, 0) is 43.0 Å². The summed E-state index contributed by atoms with van der Waals surface area (Å²) in [6.45, 7) is 10.1. The number of aromatic nitrogens is 1. The van der Waals surface area contributed by atoms with E-state index in [0.29, 0.717) is 12.0 Å². The van der Waals surface area contributed by atoms with Gasteiger partial charge in [-0.3, -0.25) is 9.69 Å².